The Labute approximate surface area is 161 Å². The van der Waals surface area contributed by atoms with Crippen LogP contribution in [0.25, 0.3) is 0 Å². The van der Waals surface area contributed by atoms with Gasteiger partial charge in [0.2, 0.25) is 11.8 Å². The highest BCUT2D eigenvalue weighted by atomic mass is 19.1. The van der Waals surface area contributed by atoms with Gasteiger partial charge >= 0.3 is 0 Å². The molecule has 0 saturated heterocycles. The normalized spacial score (nSPS) is 19.1. The van der Waals surface area contributed by atoms with Gasteiger partial charge in [0.15, 0.2) is 5.82 Å². The monoisotopic (exact) mass is 391 g/mol. The predicted octanol–water partition coefficient (Wildman–Crippen LogP) is 2.47. The molecule has 2 aromatic rings. The summed E-state index contributed by atoms with van der Waals surface area (Å²) in [5.41, 5.74) is 4.14. The minimum atomic E-state index is -1.40. The summed E-state index contributed by atoms with van der Waals surface area (Å²) >= 11 is 0. The van der Waals surface area contributed by atoms with Crippen LogP contribution in [0.5, 0.6) is 0 Å². The Morgan fingerprint density at radius 1 is 1.36 bits per heavy atom. The standard InChI is InChI=1S/C19H23F2N5O2/c1-12(2)17(27)26-19(7-4-8-22,18-23-9-10-25(18)3)28-16(24-26)14-11-13(20)5-6-15(14)21/h5-6,9-12H,4,7-8,22H2,1-3H3. The van der Waals surface area contributed by atoms with Crippen molar-refractivity contribution in [3.05, 3.63) is 53.6 Å². The van der Waals surface area contributed by atoms with Crippen LogP contribution < -0.4 is 5.73 Å². The molecule has 150 valence electrons. The van der Waals surface area contributed by atoms with Crippen molar-refractivity contribution < 1.29 is 18.3 Å². The third-order valence-corrected chi connectivity index (χ3v) is 4.55. The molecule has 2 N–H and O–H groups in total. The minimum Gasteiger partial charge on any atom is -0.440 e. The number of hydrogen-bond donors (Lipinski definition) is 1. The number of aryl methyl sites for hydroxylation is 1. The van der Waals surface area contributed by atoms with Gasteiger partial charge < -0.3 is 15.0 Å². The third kappa shape index (κ3) is 3.37. The number of carbonyl (C=O) groups is 1. The van der Waals surface area contributed by atoms with Gasteiger partial charge in [0, 0.05) is 31.8 Å². The Morgan fingerprint density at radius 3 is 2.71 bits per heavy atom. The number of carbonyl (C=O) groups excluding carboxylic acids is 1. The van der Waals surface area contributed by atoms with Gasteiger partial charge in [-0.1, -0.05) is 13.8 Å². The molecule has 0 spiro atoms. The number of amides is 1. The maximum Gasteiger partial charge on any atom is 0.265 e. The Balaban J connectivity index is 2.16. The number of aromatic nitrogens is 2. The van der Waals surface area contributed by atoms with Crippen LogP contribution in [-0.2, 0) is 22.3 Å². The molecule has 7 nitrogen and oxygen atoms in total. The summed E-state index contributed by atoms with van der Waals surface area (Å²) in [6, 6.07) is 2.99. The van der Waals surface area contributed by atoms with Crippen LogP contribution >= 0.6 is 0 Å². The predicted molar refractivity (Wildman–Crippen MR) is 98.8 cm³/mol. The van der Waals surface area contributed by atoms with Crippen LogP contribution in [0, 0.1) is 17.6 Å². The molecule has 1 atom stereocenters. The molecule has 2 heterocycles. The quantitative estimate of drug-likeness (QED) is 0.820. The van der Waals surface area contributed by atoms with Gasteiger partial charge in [-0.25, -0.2) is 13.8 Å². The van der Waals surface area contributed by atoms with E-state index in [1.165, 1.54) is 5.01 Å². The number of nitrogens with zero attached hydrogens (tertiary/aromatic N) is 4. The van der Waals surface area contributed by atoms with E-state index in [4.69, 9.17) is 10.5 Å². The fourth-order valence-electron chi connectivity index (χ4n) is 3.13. The smallest absolute Gasteiger partial charge is 0.265 e. The zero-order chi connectivity index (χ0) is 20.5. The van der Waals surface area contributed by atoms with Crippen molar-refractivity contribution in [2.24, 2.45) is 23.8 Å². The van der Waals surface area contributed by atoms with Crippen LogP contribution in [0.2, 0.25) is 0 Å². The molecule has 0 saturated carbocycles. The van der Waals surface area contributed by atoms with Crippen LogP contribution in [-0.4, -0.2) is 32.9 Å². The van der Waals surface area contributed by atoms with Gasteiger partial charge in [-0.05, 0) is 31.2 Å². The minimum absolute atomic E-state index is 0.162. The first-order valence-electron chi connectivity index (χ1n) is 9.05. The van der Waals surface area contributed by atoms with E-state index in [9.17, 15) is 13.6 Å². The number of imidazole rings is 1. The molecule has 1 aromatic carbocycles. The van der Waals surface area contributed by atoms with Gasteiger partial charge in [-0.15, -0.1) is 5.10 Å². The van der Waals surface area contributed by atoms with E-state index < -0.39 is 23.3 Å². The summed E-state index contributed by atoms with van der Waals surface area (Å²) in [4.78, 5) is 17.3. The third-order valence-electron chi connectivity index (χ3n) is 4.55. The highest BCUT2D eigenvalue weighted by Crippen LogP contribution is 2.40. The number of hydrazone groups is 1. The molecule has 1 aliphatic rings. The SMILES string of the molecule is CC(C)C(=O)N1N=C(c2cc(F)ccc2F)OC1(CCCN)c1nccn1C. The van der Waals surface area contributed by atoms with Gasteiger partial charge in [-0.3, -0.25) is 4.79 Å². The van der Waals surface area contributed by atoms with E-state index in [0.717, 1.165) is 18.2 Å². The van der Waals surface area contributed by atoms with E-state index in [1.54, 1.807) is 37.9 Å². The van der Waals surface area contributed by atoms with Crippen molar-refractivity contribution in [2.75, 3.05) is 6.54 Å². The van der Waals surface area contributed by atoms with Crippen LogP contribution in [0.4, 0.5) is 8.78 Å². The van der Waals surface area contributed by atoms with Gasteiger partial charge in [-0.2, -0.15) is 5.01 Å². The second-order valence-corrected chi connectivity index (χ2v) is 6.97. The lowest BCUT2D eigenvalue weighted by atomic mass is 10.0. The number of halogens is 2. The number of ether oxygens (including phenoxy) is 1. The lowest BCUT2D eigenvalue weighted by molar-refractivity contribution is -0.158. The molecule has 1 unspecified atom stereocenters. The first kappa shape index (κ1) is 19.9. The molecular weight excluding hydrogens is 368 g/mol. The van der Waals surface area contributed by atoms with E-state index in [2.05, 4.69) is 10.1 Å². The van der Waals surface area contributed by atoms with E-state index in [1.807, 2.05) is 0 Å². The number of nitrogens with two attached hydrogens (primary N) is 1. The van der Waals surface area contributed by atoms with Crippen LogP contribution in [0.3, 0.4) is 0 Å². The summed E-state index contributed by atoms with van der Waals surface area (Å²) in [5, 5.41) is 5.45. The Morgan fingerprint density at radius 2 is 2.11 bits per heavy atom. The number of hydrogen-bond acceptors (Lipinski definition) is 5. The van der Waals surface area contributed by atoms with Crippen molar-refractivity contribution in [1.82, 2.24) is 14.6 Å². The number of rotatable bonds is 6. The van der Waals surface area contributed by atoms with Crippen molar-refractivity contribution in [3.8, 4) is 0 Å². The van der Waals surface area contributed by atoms with Crippen molar-refractivity contribution in [1.29, 1.82) is 0 Å². The maximum absolute atomic E-state index is 14.4. The summed E-state index contributed by atoms with van der Waals surface area (Å²) in [6.07, 6.45) is 4.07. The fourth-order valence-corrected chi connectivity index (χ4v) is 3.13. The Hall–Kier alpha value is -2.81. The molecule has 0 aliphatic carbocycles. The van der Waals surface area contributed by atoms with Crippen LogP contribution in [0.15, 0.2) is 35.7 Å². The molecule has 1 aliphatic heterocycles. The highest BCUT2D eigenvalue weighted by molar-refractivity contribution is 5.97. The largest absolute Gasteiger partial charge is 0.440 e. The van der Waals surface area contributed by atoms with Crippen LogP contribution in [0.1, 0.15) is 38.1 Å². The molecule has 0 bridgehead atoms. The molecule has 0 radical (unpaired) electrons. The highest BCUT2D eigenvalue weighted by Gasteiger charge is 2.52. The summed E-state index contributed by atoms with van der Waals surface area (Å²) in [7, 11) is 1.76. The maximum atomic E-state index is 14.4. The van der Waals surface area contributed by atoms with Crippen molar-refractivity contribution in [2.45, 2.75) is 32.4 Å². The molecule has 3 rings (SSSR count). The zero-order valence-corrected chi connectivity index (χ0v) is 16.0. The second kappa shape index (κ2) is 7.67. The molecule has 1 amide bonds. The molecule has 1 aromatic heterocycles. The summed E-state index contributed by atoms with van der Waals surface area (Å²) in [5.74, 6) is -1.82. The molecular formula is C19H23F2N5O2. The average molecular weight is 391 g/mol. The first-order valence-corrected chi connectivity index (χ1v) is 9.05. The van der Waals surface area contributed by atoms with E-state index in [-0.39, 0.29) is 23.8 Å². The molecule has 28 heavy (non-hydrogen) atoms. The van der Waals surface area contributed by atoms with E-state index >= 15 is 0 Å². The lowest BCUT2D eigenvalue weighted by Crippen LogP contribution is -2.48. The van der Waals surface area contributed by atoms with E-state index in [0.29, 0.717) is 18.8 Å². The Kier molecular flexibility index (Phi) is 5.46. The molecule has 9 heteroatoms. The zero-order valence-electron chi connectivity index (χ0n) is 16.0. The average Bonchev–Trinajstić information content (AvgIpc) is 3.25. The van der Waals surface area contributed by atoms with Crippen molar-refractivity contribution >= 4 is 11.8 Å². The Bertz CT molecular complexity index is 911. The van der Waals surface area contributed by atoms with Gasteiger partial charge in [0.05, 0.1) is 5.56 Å². The lowest BCUT2D eigenvalue weighted by Gasteiger charge is -2.35. The first-order chi connectivity index (χ1) is 13.3. The topological polar surface area (TPSA) is 85.7 Å². The van der Waals surface area contributed by atoms with Crippen molar-refractivity contribution in [3.63, 3.8) is 0 Å². The number of benzene rings is 1. The summed E-state index contributed by atoms with van der Waals surface area (Å²) < 4.78 is 35.9. The van der Waals surface area contributed by atoms with Gasteiger partial charge in [0.1, 0.15) is 11.6 Å². The second-order valence-electron chi connectivity index (χ2n) is 6.97. The van der Waals surface area contributed by atoms with Gasteiger partial charge in [0.25, 0.3) is 5.72 Å². The molecule has 0 fully saturated rings. The summed E-state index contributed by atoms with van der Waals surface area (Å²) in [6.45, 7) is 3.80. The fraction of sp³-hybridized carbons (Fsp3) is 0.421.